The Balaban J connectivity index is 1.53. The van der Waals surface area contributed by atoms with Crippen LogP contribution in [0.2, 0.25) is 0 Å². The Hall–Kier alpha value is -4.35. The van der Waals surface area contributed by atoms with E-state index in [9.17, 15) is 21.6 Å². The lowest BCUT2D eigenvalue weighted by molar-refractivity contribution is -0.114. The lowest BCUT2D eigenvalue weighted by atomic mass is 10.2. The van der Waals surface area contributed by atoms with Gasteiger partial charge in [0.05, 0.1) is 22.1 Å². The summed E-state index contributed by atoms with van der Waals surface area (Å²) in [6.07, 6.45) is 0. The second-order valence-corrected chi connectivity index (χ2v) is 12.8. The quantitative estimate of drug-likeness (QED) is 0.242. The van der Waals surface area contributed by atoms with Gasteiger partial charge in [-0.2, -0.15) is 0 Å². The average molecular weight is 594 g/mol. The van der Waals surface area contributed by atoms with Gasteiger partial charge in [-0.1, -0.05) is 29.8 Å². The molecule has 0 fully saturated rings. The minimum Gasteiger partial charge on any atom is -0.494 e. The highest BCUT2D eigenvalue weighted by molar-refractivity contribution is 7.93. The zero-order valence-corrected chi connectivity index (χ0v) is 24.5. The topological polar surface area (TPSA) is 122 Å². The van der Waals surface area contributed by atoms with Crippen molar-refractivity contribution in [3.8, 4) is 5.75 Å². The number of amides is 1. The molecule has 4 aromatic carbocycles. The fourth-order valence-corrected chi connectivity index (χ4v) is 6.47. The van der Waals surface area contributed by atoms with E-state index in [0.29, 0.717) is 23.7 Å². The highest BCUT2D eigenvalue weighted by atomic mass is 32.2. The fraction of sp³-hybridized carbons (Fsp3) is 0.167. The number of carbonyl (C=O) groups excluding carboxylic acids is 1. The van der Waals surface area contributed by atoms with Crippen molar-refractivity contribution in [1.82, 2.24) is 0 Å². The van der Waals surface area contributed by atoms with Gasteiger partial charge in [-0.05, 0) is 99.1 Å². The first kappa shape index (κ1) is 29.6. The van der Waals surface area contributed by atoms with Crippen molar-refractivity contribution in [3.63, 3.8) is 0 Å². The predicted molar refractivity (Wildman–Crippen MR) is 160 cm³/mol. The molecular formula is C30H31N3O6S2. The van der Waals surface area contributed by atoms with E-state index < -0.39 is 32.5 Å². The summed E-state index contributed by atoms with van der Waals surface area (Å²) in [5, 5.41) is 2.66. The lowest BCUT2D eigenvalue weighted by Gasteiger charge is -2.24. The molecule has 0 spiro atoms. The van der Waals surface area contributed by atoms with Crippen LogP contribution < -0.4 is 19.1 Å². The maximum atomic E-state index is 13.6. The minimum atomic E-state index is -4.10. The molecule has 0 radical (unpaired) electrons. The van der Waals surface area contributed by atoms with Gasteiger partial charge in [0, 0.05) is 11.4 Å². The van der Waals surface area contributed by atoms with Crippen LogP contribution in [-0.4, -0.2) is 35.9 Å². The van der Waals surface area contributed by atoms with E-state index in [1.807, 2.05) is 26.8 Å². The Morgan fingerprint density at radius 1 is 0.756 bits per heavy atom. The van der Waals surface area contributed by atoms with Gasteiger partial charge in [0.25, 0.3) is 20.0 Å². The number of nitrogens with one attached hydrogen (secondary N) is 2. The van der Waals surface area contributed by atoms with Crippen molar-refractivity contribution in [3.05, 3.63) is 108 Å². The van der Waals surface area contributed by atoms with Crippen LogP contribution in [0.1, 0.15) is 18.1 Å². The summed E-state index contributed by atoms with van der Waals surface area (Å²) in [6, 6.07) is 25.4. The largest absolute Gasteiger partial charge is 0.494 e. The number of hydrogen-bond acceptors (Lipinski definition) is 6. The van der Waals surface area contributed by atoms with Crippen LogP contribution in [0, 0.1) is 13.8 Å². The molecule has 0 saturated heterocycles. The summed E-state index contributed by atoms with van der Waals surface area (Å²) in [6.45, 7) is 5.49. The fourth-order valence-electron chi connectivity index (χ4n) is 4.00. The summed E-state index contributed by atoms with van der Waals surface area (Å²) in [5.74, 6) is -0.0385. The molecule has 1 amide bonds. The third kappa shape index (κ3) is 7.44. The Labute approximate surface area is 240 Å². The molecule has 0 aromatic heterocycles. The van der Waals surface area contributed by atoms with Gasteiger partial charge >= 0.3 is 0 Å². The van der Waals surface area contributed by atoms with Crippen molar-refractivity contribution in [2.45, 2.75) is 30.6 Å². The highest BCUT2D eigenvalue weighted by Crippen LogP contribution is 2.27. The van der Waals surface area contributed by atoms with Gasteiger partial charge in [-0.3, -0.25) is 13.8 Å². The normalized spacial score (nSPS) is 11.5. The van der Waals surface area contributed by atoms with Gasteiger partial charge < -0.3 is 10.1 Å². The summed E-state index contributed by atoms with van der Waals surface area (Å²) >= 11 is 0. The van der Waals surface area contributed by atoms with E-state index in [1.54, 1.807) is 54.6 Å². The average Bonchev–Trinajstić information content (AvgIpc) is 2.93. The molecule has 2 N–H and O–H groups in total. The van der Waals surface area contributed by atoms with Gasteiger partial charge in [0.1, 0.15) is 12.3 Å². The number of sulfonamides is 2. The molecule has 0 saturated carbocycles. The maximum absolute atomic E-state index is 13.6. The molecule has 41 heavy (non-hydrogen) atoms. The van der Waals surface area contributed by atoms with E-state index in [1.165, 1.54) is 36.4 Å². The molecule has 0 aliphatic carbocycles. The van der Waals surface area contributed by atoms with Crippen molar-refractivity contribution >= 4 is 43.0 Å². The van der Waals surface area contributed by atoms with E-state index in [0.717, 1.165) is 15.4 Å². The van der Waals surface area contributed by atoms with Gasteiger partial charge in [0.2, 0.25) is 5.91 Å². The van der Waals surface area contributed by atoms with Crippen LogP contribution in [0.5, 0.6) is 5.75 Å². The first-order valence-electron chi connectivity index (χ1n) is 12.8. The number of benzene rings is 4. The first-order valence-corrected chi connectivity index (χ1v) is 15.7. The molecular weight excluding hydrogens is 562 g/mol. The Kier molecular flexibility index (Phi) is 8.99. The summed E-state index contributed by atoms with van der Waals surface area (Å²) in [7, 11) is -7.95. The van der Waals surface area contributed by atoms with Gasteiger partial charge in [0.15, 0.2) is 0 Å². The third-order valence-electron chi connectivity index (χ3n) is 6.05. The molecule has 4 aromatic rings. The van der Waals surface area contributed by atoms with Crippen LogP contribution in [0.25, 0.3) is 0 Å². The smallest absolute Gasteiger partial charge is 0.264 e. The number of anilines is 3. The molecule has 0 bridgehead atoms. The molecule has 0 aliphatic heterocycles. The van der Waals surface area contributed by atoms with E-state index in [2.05, 4.69) is 10.0 Å². The van der Waals surface area contributed by atoms with Crippen molar-refractivity contribution in [2.75, 3.05) is 27.5 Å². The lowest BCUT2D eigenvalue weighted by Crippen LogP contribution is -2.38. The van der Waals surface area contributed by atoms with E-state index in [4.69, 9.17) is 4.74 Å². The standard InChI is InChI=1S/C30H31N3O6S2/c1-4-39-27-14-12-26(13-15-27)33(41(37,38)29-16-8-22(2)9-17-29)21-30(34)31-24-10-18-28(19-11-24)40(35,36)32-25-7-5-6-23(3)20-25/h5-20,32H,4,21H2,1-3H3,(H,31,34). The molecule has 0 aliphatic rings. The Morgan fingerprint density at radius 2 is 1.39 bits per heavy atom. The Morgan fingerprint density at radius 3 is 2.00 bits per heavy atom. The number of nitrogens with zero attached hydrogens (tertiary/aromatic N) is 1. The third-order valence-corrected chi connectivity index (χ3v) is 9.24. The zero-order chi connectivity index (χ0) is 29.6. The predicted octanol–water partition coefficient (Wildman–Crippen LogP) is 5.34. The molecule has 0 unspecified atom stereocenters. The van der Waals surface area contributed by atoms with Crippen LogP contribution in [0.15, 0.2) is 107 Å². The van der Waals surface area contributed by atoms with Crippen LogP contribution in [-0.2, 0) is 24.8 Å². The number of rotatable bonds is 11. The molecule has 4 rings (SSSR count). The number of hydrogen-bond donors (Lipinski definition) is 2. The number of ether oxygens (including phenoxy) is 1. The maximum Gasteiger partial charge on any atom is 0.264 e. The van der Waals surface area contributed by atoms with Crippen molar-refractivity contribution in [2.24, 2.45) is 0 Å². The number of carbonyl (C=O) groups is 1. The van der Waals surface area contributed by atoms with Crippen LogP contribution >= 0.6 is 0 Å². The second-order valence-electron chi connectivity index (χ2n) is 9.30. The molecule has 0 heterocycles. The first-order chi connectivity index (χ1) is 19.5. The molecule has 214 valence electrons. The number of aryl methyl sites for hydroxylation is 2. The second kappa shape index (κ2) is 12.4. The van der Waals surface area contributed by atoms with Crippen LogP contribution in [0.3, 0.4) is 0 Å². The zero-order valence-electron chi connectivity index (χ0n) is 22.9. The summed E-state index contributed by atoms with van der Waals surface area (Å²) in [4.78, 5) is 13.1. The van der Waals surface area contributed by atoms with E-state index >= 15 is 0 Å². The van der Waals surface area contributed by atoms with Crippen molar-refractivity contribution < 1.29 is 26.4 Å². The monoisotopic (exact) mass is 593 g/mol. The highest BCUT2D eigenvalue weighted by Gasteiger charge is 2.27. The minimum absolute atomic E-state index is 0.00923. The summed E-state index contributed by atoms with van der Waals surface area (Å²) in [5.41, 5.74) is 2.84. The molecule has 9 nitrogen and oxygen atoms in total. The van der Waals surface area contributed by atoms with Crippen molar-refractivity contribution in [1.29, 1.82) is 0 Å². The van der Waals surface area contributed by atoms with Crippen LogP contribution in [0.4, 0.5) is 17.1 Å². The van der Waals surface area contributed by atoms with Gasteiger partial charge in [-0.15, -0.1) is 0 Å². The molecule has 0 atom stereocenters. The molecule has 11 heteroatoms. The van der Waals surface area contributed by atoms with E-state index in [-0.39, 0.29) is 15.5 Å². The van der Waals surface area contributed by atoms with Gasteiger partial charge in [-0.25, -0.2) is 16.8 Å². The Bertz CT molecular complexity index is 1720. The summed E-state index contributed by atoms with van der Waals surface area (Å²) < 4.78 is 61.8. The SMILES string of the molecule is CCOc1ccc(N(CC(=O)Nc2ccc(S(=O)(=O)Nc3cccc(C)c3)cc2)S(=O)(=O)c2ccc(C)cc2)cc1.